The van der Waals surface area contributed by atoms with Gasteiger partial charge in [0.05, 0.1) is 11.1 Å². The molecule has 2 N–H and O–H groups in total. The van der Waals surface area contributed by atoms with Gasteiger partial charge in [-0.05, 0) is 54.7 Å². The van der Waals surface area contributed by atoms with Crippen LogP contribution in [0.3, 0.4) is 0 Å². The molecule has 7 nitrogen and oxygen atoms in total. The van der Waals surface area contributed by atoms with Gasteiger partial charge in [0.1, 0.15) is 5.69 Å². The maximum absolute atomic E-state index is 12.3. The van der Waals surface area contributed by atoms with E-state index in [0.29, 0.717) is 23.6 Å². The summed E-state index contributed by atoms with van der Waals surface area (Å²) in [6.45, 7) is 6.96. The number of anilines is 1. The molecule has 1 aromatic rings. The van der Waals surface area contributed by atoms with Crippen LogP contribution in [-0.2, 0) is 0 Å². The van der Waals surface area contributed by atoms with Gasteiger partial charge in [-0.25, -0.2) is 5.43 Å². The van der Waals surface area contributed by atoms with Gasteiger partial charge in [0, 0.05) is 18.2 Å². The lowest BCUT2D eigenvalue weighted by molar-refractivity contribution is -0.384. The van der Waals surface area contributed by atoms with Crippen molar-refractivity contribution in [3.63, 3.8) is 0 Å². The number of carbonyl (C=O) groups excluding carboxylic acids is 1. The molecule has 1 fully saturated rings. The first-order chi connectivity index (χ1) is 12.3. The van der Waals surface area contributed by atoms with E-state index in [-0.39, 0.29) is 11.3 Å². The standard InChI is InChI=1S/C19H24N4O3/c1-4-20-16-8-6-12(9-17(16)23(25)26)18(24)22-21-11-13-5-7-14-10-15(13)19(14,2)3/h5-6,8-9,11,14-15,20H,4,7,10H2,1-3H3,(H,22,24)/b21-11-/t14-,15-/m1/s1. The van der Waals surface area contributed by atoms with E-state index in [1.54, 1.807) is 18.3 Å². The smallest absolute Gasteiger partial charge is 0.293 e. The zero-order valence-electron chi connectivity index (χ0n) is 15.3. The highest BCUT2D eigenvalue weighted by Crippen LogP contribution is 2.58. The molecular formula is C19H24N4O3. The fraction of sp³-hybridized carbons (Fsp3) is 0.474. The summed E-state index contributed by atoms with van der Waals surface area (Å²) in [5, 5.41) is 18.2. The lowest BCUT2D eigenvalue weighted by Crippen LogP contribution is -2.48. The molecule has 3 aliphatic rings. The number of hydrogen-bond acceptors (Lipinski definition) is 5. The lowest BCUT2D eigenvalue weighted by Gasteiger charge is -2.55. The predicted molar refractivity (Wildman–Crippen MR) is 101 cm³/mol. The highest BCUT2D eigenvalue weighted by Gasteiger charge is 2.50. The third kappa shape index (κ3) is 3.21. The summed E-state index contributed by atoms with van der Waals surface area (Å²) >= 11 is 0. The third-order valence-electron chi connectivity index (χ3n) is 5.71. The largest absolute Gasteiger partial charge is 0.380 e. The van der Waals surface area contributed by atoms with Crippen molar-refractivity contribution in [1.29, 1.82) is 0 Å². The quantitative estimate of drug-likeness (QED) is 0.461. The minimum absolute atomic E-state index is 0.124. The van der Waals surface area contributed by atoms with Crippen LogP contribution in [0.4, 0.5) is 11.4 Å². The molecule has 0 heterocycles. The van der Waals surface area contributed by atoms with Crippen molar-refractivity contribution in [3.05, 3.63) is 45.5 Å². The Kier molecular flexibility index (Phi) is 4.80. The van der Waals surface area contributed by atoms with Gasteiger partial charge in [-0.15, -0.1) is 0 Å². The first kappa shape index (κ1) is 18.1. The topological polar surface area (TPSA) is 96.6 Å². The number of nitrogens with one attached hydrogen (secondary N) is 2. The second-order valence-electron chi connectivity index (χ2n) is 7.46. The number of fused-ring (bicyclic) bond motifs is 1. The average Bonchev–Trinajstić information content (AvgIpc) is 2.62. The fourth-order valence-corrected chi connectivity index (χ4v) is 3.94. The molecule has 1 amide bonds. The highest BCUT2D eigenvalue weighted by molar-refractivity contribution is 5.96. The predicted octanol–water partition coefficient (Wildman–Crippen LogP) is 3.73. The van der Waals surface area contributed by atoms with Gasteiger partial charge >= 0.3 is 0 Å². The Morgan fingerprint density at radius 1 is 1.46 bits per heavy atom. The highest BCUT2D eigenvalue weighted by atomic mass is 16.6. The van der Waals surface area contributed by atoms with E-state index in [9.17, 15) is 14.9 Å². The Bertz CT molecular complexity index is 798. The van der Waals surface area contributed by atoms with Crippen LogP contribution in [0.15, 0.2) is 34.9 Å². The van der Waals surface area contributed by atoms with Crippen LogP contribution in [0.25, 0.3) is 0 Å². The van der Waals surface area contributed by atoms with Crippen molar-refractivity contribution in [2.75, 3.05) is 11.9 Å². The summed E-state index contributed by atoms with van der Waals surface area (Å²) < 4.78 is 0. The number of nitro groups is 1. The van der Waals surface area contributed by atoms with E-state index < -0.39 is 10.8 Å². The van der Waals surface area contributed by atoms with E-state index in [2.05, 4.69) is 35.8 Å². The molecule has 0 saturated heterocycles. The number of hydrazone groups is 1. The molecule has 2 atom stereocenters. The Morgan fingerprint density at radius 2 is 2.23 bits per heavy atom. The summed E-state index contributed by atoms with van der Waals surface area (Å²) in [6.07, 6.45) is 6.13. The first-order valence-electron chi connectivity index (χ1n) is 8.90. The van der Waals surface area contributed by atoms with E-state index in [4.69, 9.17) is 0 Å². The maximum atomic E-state index is 12.3. The molecule has 3 aliphatic carbocycles. The fourth-order valence-electron chi connectivity index (χ4n) is 3.94. The first-order valence-corrected chi connectivity index (χ1v) is 8.90. The van der Waals surface area contributed by atoms with Crippen molar-refractivity contribution < 1.29 is 9.72 Å². The lowest BCUT2D eigenvalue weighted by atomic mass is 9.49. The van der Waals surface area contributed by atoms with Crippen LogP contribution in [0, 0.1) is 27.4 Å². The summed E-state index contributed by atoms with van der Waals surface area (Å²) in [4.78, 5) is 23.0. The monoisotopic (exact) mass is 356 g/mol. The maximum Gasteiger partial charge on any atom is 0.293 e. The van der Waals surface area contributed by atoms with E-state index in [1.165, 1.54) is 12.5 Å². The summed E-state index contributed by atoms with van der Waals surface area (Å²) in [5.41, 5.74) is 4.41. The molecule has 0 spiro atoms. The van der Waals surface area contributed by atoms with Crippen LogP contribution >= 0.6 is 0 Å². The molecule has 0 unspecified atom stereocenters. The van der Waals surface area contributed by atoms with Gasteiger partial charge in [0.25, 0.3) is 11.6 Å². The SMILES string of the molecule is CCNc1ccc(C(=O)N/N=C\C2=CC[C@@H]3C[C@H]2C3(C)C)cc1[N+](=O)[O-]. The number of nitrogens with zero attached hydrogens (tertiary/aromatic N) is 2. The van der Waals surface area contributed by atoms with Gasteiger partial charge in [-0.3, -0.25) is 14.9 Å². The summed E-state index contributed by atoms with van der Waals surface area (Å²) in [6, 6.07) is 4.36. The summed E-state index contributed by atoms with van der Waals surface area (Å²) in [5.74, 6) is 0.770. The van der Waals surface area contributed by atoms with Crippen molar-refractivity contribution >= 4 is 23.5 Å². The zero-order valence-corrected chi connectivity index (χ0v) is 15.3. The van der Waals surface area contributed by atoms with E-state index in [1.807, 2.05) is 6.92 Å². The Morgan fingerprint density at radius 3 is 2.85 bits per heavy atom. The Hall–Kier alpha value is -2.70. The number of allylic oxidation sites excluding steroid dienone is 2. The number of amides is 1. The van der Waals surface area contributed by atoms with E-state index in [0.717, 1.165) is 17.9 Å². The van der Waals surface area contributed by atoms with Crippen LogP contribution < -0.4 is 10.7 Å². The summed E-state index contributed by atoms with van der Waals surface area (Å²) in [7, 11) is 0. The molecule has 138 valence electrons. The van der Waals surface area contributed by atoms with Crippen molar-refractivity contribution in [2.24, 2.45) is 22.4 Å². The van der Waals surface area contributed by atoms with Crippen LogP contribution in [0.1, 0.15) is 44.0 Å². The number of carbonyl (C=O) groups is 1. The third-order valence-corrected chi connectivity index (χ3v) is 5.71. The molecular weight excluding hydrogens is 332 g/mol. The van der Waals surface area contributed by atoms with Crippen molar-refractivity contribution in [2.45, 2.75) is 33.6 Å². The van der Waals surface area contributed by atoms with Crippen LogP contribution in [-0.4, -0.2) is 23.6 Å². The zero-order chi connectivity index (χ0) is 18.9. The molecule has 7 heteroatoms. The number of nitro benzene ring substituents is 1. The minimum atomic E-state index is -0.500. The van der Waals surface area contributed by atoms with Crippen molar-refractivity contribution in [1.82, 2.24) is 5.43 Å². The van der Waals surface area contributed by atoms with E-state index >= 15 is 0 Å². The van der Waals surface area contributed by atoms with Crippen LogP contribution in [0.5, 0.6) is 0 Å². The van der Waals surface area contributed by atoms with Gasteiger partial charge in [0.2, 0.25) is 0 Å². The average molecular weight is 356 g/mol. The Labute approximate surface area is 152 Å². The second-order valence-corrected chi connectivity index (χ2v) is 7.46. The van der Waals surface area contributed by atoms with Gasteiger partial charge in [0.15, 0.2) is 0 Å². The number of hydrogen-bond donors (Lipinski definition) is 2. The molecule has 2 bridgehead atoms. The van der Waals surface area contributed by atoms with Gasteiger partial charge in [-0.1, -0.05) is 19.9 Å². The van der Waals surface area contributed by atoms with Gasteiger partial charge < -0.3 is 5.32 Å². The van der Waals surface area contributed by atoms with Crippen LogP contribution in [0.2, 0.25) is 0 Å². The molecule has 0 radical (unpaired) electrons. The minimum Gasteiger partial charge on any atom is -0.380 e. The molecule has 1 saturated carbocycles. The molecule has 0 aromatic heterocycles. The normalized spacial score (nSPS) is 23.1. The number of rotatable bonds is 6. The molecule has 26 heavy (non-hydrogen) atoms. The Balaban J connectivity index is 1.68. The van der Waals surface area contributed by atoms with Gasteiger partial charge in [-0.2, -0.15) is 5.10 Å². The number of benzene rings is 1. The molecule has 1 aromatic carbocycles. The van der Waals surface area contributed by atoms with Crippen molar-refractivity contribution in [3.8, 4) is 0 Å². The molecule has 0 aliphatic heterocycles. The molecule has 4 rings (SSSR count). The second kappa shape index (κ2) is 6.90.